The van der Waals surface area contributed by atoms with Gasteiger partial charge in [0.2, 0.25) is 0 Å². The summed E-state index contributed by atoms with van der Waals surface area (Å²) in [4.78, 5) is 25.4. The molecule has 1 heterocycles. The van der Waals surface area contributed by atoms with Crippen molar-refractivity contribution in [3.05, 3.63) is 91.3 Å². The molecule has 2 aromatic carbocycles. The first-order valence-corrected chi connectivity index (χ1v) is 8.53. The van der Waals surface area contributed by atoms with Gasteiger partial charge in [0.1, 0.15) is 17.4 Å². The van der Waals surface area contributed by atoms with Gasteiger partial charge in [-0.1, -0.05) is 34.8 Å². The Labute approximate surface area is 164 Å². The molecule has 1 N–H and O–H groups in total. The van der Waals surface area contributed by atoms with Crippen LogP contribution in [0.3, 0.4) is 0 Å². The minimum atomic E-state index is -0.610. The zero-order valence-electron chi connectivity index (χ0n) is 14.0. The van der Waals surface area contributed by atoms with Crippen LogP contribution in [-0.4, -0.2) is 15.5 Å². The summed E-state index contributed by atoms with van der Waals surface area (Å²) in [5, 5.41) is 19.9. The van der Waals surface area contributed by atoms with Crippen molar-refractivity contribution in [3.8, 4) is 17.5 Å². The van der Waals surface area contributed by atoms with E-state index in [2.05, 4.69) is 0 Å². The lowest BCUT2D eigenvalue weighted by atomic mass is 10.0. The normalized spacial score (nSPS) is 10.4. The fourth-order valence-corrected chi connectivity index (χ4v) is 3.16. The van der Waals surface area contributed by atoms with Crippen molar-refractivity contribution in [1.29, 1.82) is 5.26 Å². The van der Waals surface area contributed by atoms with Gasteiger partial charge < -0.3 is 5.11 Å². The Morgan fingerprint density at radius 1 is 1.11 bits per heavy atom. The number of phenolic OH excluding ortho intramolecular Hbond substituents is 1. The minimum absolute atomic E-state index is 0.0724. The molecule has 0 atom stereocenters. The molecule has 134 valence electrons. The summed E-state index contributed by atoms with van der Waals surface area (Å²) in [6.45, 7) is 1.78. The van der Waals surface area contributed by atoms with Gasteiger partial charge in [-0.15, -0.1) is 0 Å². The van der Waals surface area contributed by atoms with Gasteiger partial charge in [0.25, 0.3) is 5.56 Å². The molecule has 27 heavy (non-hydrogen) atoms. The number of pyridine rings is 1. The number of phenols is 1. The van der Waals surface area contributed by atoms with Crippen LogP contribution in [0, 0.1) is 18.3 Å². The van der Waals surface area contributed by atoms with Crippen molar-refractivity contribution >= 4 is 29.0 Å². The molecule has 1 aromatic heterocycles. The number of aromatic nitrogens is 1. The number of hydrogen-bond donors (Lipinski definition) is 1. The first kappa shape index (κ1) is 18.7. The number of nitrogens with zero attached hydrogens (tertiary/aromatic N) is 2. The predicted octanol–water partition coefficient (Wildman–Crippen LogP) is 4.26. The highest BCUT2D eigenvalue weighted by Crippen LogP contribution is 2.24. The molecular formula is C20H12Cl2N2O3. The van der Waals surface area contributed by atoms with E-state index in [4.69, 9.17) is 23.2 Å². The number of hydrogen-bond acceptors (Lipinski definition) is 4. The lowest BCUT2D eigenvalue weighted by Crippen LogP contribution is -2.22. The molecule has 3 rings (SSSR count). The molecule has 0 radical (unpaired) electrons. The molecule has 5 nitrogen and oxygen atoms in total. The van der Waals surface area contributed by atoms with Crippen molar-refractivity contribution in [2.24, 2.45) is 0 Å². The Morgan fingerprint density at radius 3 is 2.41 bits per heavy atom. The lowest BCUT2D eigenvalue weighted by molar-refractivity contribution is 0.103. The number of halogens is 2. The fraction of sp³-hybridized carbons (Fsp3) is 0.0500. The summed E-state index contributed by atoms with van der Waals surface area (Å²) in [6, 6.07) is 12.1. The van der Waals surface area contributed by atoms with E-state index in [9.17, 15) is 20.0 Å². The van der Waals surface area contributed by atoms with Gasteiger partial charge in [-0.3, -0.25) is 14.2 Å². The molecule has 0 spiro atoms. The van der Waals surface area contributed by atoms with Gasteiger partial charge in [0.05, 0.1) is 11.3 Å². The largest absolute Gasteiger partial charge is 0.507 e. The maximum absolute atomic E-state index is 12.9. The fourth-order valence-electron chi connectivity index (χ4n) is 2.64. The third-order valence-corrected chi connectivity index (χ3v) is 4.36. The van der Waals surface area contributed by atoms with Crippen LogP contribution in [0.25, 0.3) is 5.69 Å². The average molecular weight is 399 g/mol. The van der Waals surface area contributed by atoms with Crippen molar-refractivity contribution < 1.29 is 9.90 Å². The standard InChI is InChI=1S/C20H12Cl2N2O3/c1-11-2-3-18(25)17(4-11)19(26)13-5-12(9-23)20(27)24(10-13)16-7-14(21)6-15(22)8-16/h2-8,10,25H,1H3. The smallest absolute Gasteiger partial charge is 0.273 e. The Bertz CT molecular complexity index is 1160. The van der Waals surface area contributed by atoms with Crippen LogP contribution in [0.15, 0.2) is 53.5 Å². The summed E-state index contributed by atoms with van der Waals surface area (Å²) >= 11 is 12.0. The summed E-state index contributed by atoms with van der Waals surface area (Å²) < 4.78 is 1.14. The number of nitriles is 1. The van der Waals surface area contributed by atoms with Gasteiger partial charge >= 0.3 is 0 Å². The predicted molar refractivity (Wildman–Crippen MR) is 103 cm³/mol. The second-order valence-corrected chi connectivity index (χ2v) is 6.78. The summed E-state index contributed by atoms with van der Waals surface area (Å²) in [5.74, 6) is -0.706. The van der Waals surface area contributed by atoms with Crippen LogP contribution in [0.1, 0.15) is 27.0 Å². The third-order valence-electron chi connectivity index (χ3n) is 3.92. The topological polar surface area (TPSA) is 83.1 Å². The molecule has 0 aliphatic rings. The highest BCUT2D eigenvalue weighted by molar-refractivity contribution is 6.34. The van der Waals surface area contributed by atoms with Gasteiger partial charge in [-0.2, -0.15) is 5.26 Å². The van der Waals surface area contributed by atoms with E-state index < -0.39 is 11.3 Å². The number of rotatable bonds is 3. The van der Waals surface area contributed by atoms with Gasteiger partial charge in [-0.25, -0.2) is 0 Å². The van der Waals surface area contributed by atoms with Crippen molar-refractivity contribution in [2.45, 2.75) is 6.92 Å². The van der Waals surface area contributed by atoms with Gasteiger partial charge in [0, 0.05) is 21.8 Å². The minimum Gasteiger partial charge on any atom is -0.507 e. The number of carbonyl (C=O) groups excluding carboxylic acids is 1. The first-order chi connectivity index (χ1) is 12.8. The van der Waals surface area contributed by atoms with Crippen LogP contribution in [0.5, 0.6) is 5.75 Å². The number of benzene rings is 2. The molecule has 0 aliphatic heterocycles. The van der Waals surface area contributed by atoms with Crippen molar-refractivity contribution in [2.75, 3.05) is 0 Å². The lowest BCUT2D eigenvalue weighted by Gasteiger charge is -2.11. The van der Waals surface area contributed by atoms with E-state index in [1.165, 1.54) is 42.6 Å². The second-order valence-electron chi connectivity index (χ2n) is 5.91. The number of aryl methyl sites for hydroxylation is 1. The number of carbonyl (C=O) groups is 1. The van der Waals surface area contributed by atoms with E-state index in [1.807, 2.05) is 0 Å². The molecule has 7 heteroatoms. The Balaban J connectivity index is 2.24. The molecule has 0 aliphatic carbocycles. The van der Waals surface area contributed by atoms with Crippen LogP contribution in [0.2, 0.25) is 10.0 Å². The van der Waals surface area contributed by atoms with E-state index in [1.54, 1.807) is 19.1 Å². The Morgan fingerprint density at radius 2 is 1.78 bits per heavy atom. The molecule has 3 aromatic rings. The second kappa shape index (κ2) is 7.28. The van der Waals surface area contributed by atoms with E-state index in [0.29, 0.717) is 15.7 Å². The van der Waals surface area contributed by atoms with Crippen LogP contribution < -0.4 is 5.56 Å². The molecule has 0 saturated heterocycles. The Hall–Kier alpha value is -3.07. The van der Waals surface area contributed by atoms with Crippen molar-refractivity contribution in [3.63, 3.8) is 0 Å². The SMILES string of the molecule is Cc1ccc(O)c(C(=O)c2cc(C#N)c(=O)n(-c3cc(Cl)cc(Cl)c3)c2)c1. The molecule has 0 saturated carbocycles. The summed E-state index contributed by atoms with van der Waals surface area (Å²) in [5.41, 5.74) is 0.421. The summed E-state index contributed by atoms with van der Waals surface area (Å²) in [6.07, 6.45) is 1.30. The molecule has 0 amide bonds. The van der Waals surface area contributed by atoms with Gasteiger partial charge in [0.15, 0.2) is 5.78 Å². The van der Waals surface area contributed by atoms with Crippen LogP contribution >= 0.6 is 23.2 Å². The average Bonchev–Trinajstić information content (AvgIpc) is 2.62. The highest BCUT2D eigenvalue weighted by Gasteiger charge is 2.18. The molecular weight excluding hydrogens is 387 g/mol. The zero-order chi connectivity index (χ0) is 19.7. The summed E-state index contributed by atoms with van der Waals surface area (Å²) in [7, 11) is 0. The van der Waals surface area contributed by atoms with E-state index >= 15 is 0 Å². The zero-order valence-corrected chi connectivity index (χ0v) is 15.5. The Kier molecular flexibility index (Phi) is 5.04. The highest BCUT2D eigenvalue weighted by atomic mass is 35.5. The molecule has 0 bridgehead atoms. The monoisotopic (exact) mass is 398 g/mol. The molecule has 0 fully saturated rings. The number of aromatic hydroxyl groups is 1. The maximum atomic E-state index is 12.9. The first-order valence-electron chi connectivity index (χ1n) is 7.77. The van der Waals surface area contributed by atoms with Crippen LogP contribution in [0.4, 0.5) is 0 Å². The van der Waals surface area contributed by atoms with Gasteiger partial charge in [-0.05, 0) is 43.3 Å². The maximum Gasteiger partial charge on any atom is 0.273 e. The van der Waals surface area contributed by atoms with E-state index in [0.717, 1.165) is 10.1 Å². The third kappa shape index (κ3) is 3.72. The quantitative estimate of drug-likeness (QED) is 0.667. The van der Waals surface area contributed by atoms with Crippen molar-refractivity contribution in [1.82, 2.24) is 4.57 Å². The van der Waals surface area contributed by atoms with Crippen LogP contribution in [-0.2, 0) is 0 Å². The van der Waals surface area contributed by atoms with E-state index in [-0.39, 0.29) is 22.4 Å². The molecule has 0 unspecified atom stereocenters. The number of ketones is 1.